The molecule has 0 fully saturated rings. The lowest BCUT2D eigenvalue weighted by Crippen LogP contribution is -1.81. The van der Waals surface area contributed by atoms with E-state index < -0.39 is 0 Å². The Balaban J connectivity index is 2.13. The minimum absolute atomic E-state index is 0.637. The largest absolute Gasteiger partial charge is 0.255 e. The standard InChI is InChI=1S/C15H15NS/c1-12(2)6-5-7-13-9-10-15(17-13)14-8-3-4-11-16-14/h3-4,8-12H,6H2,1-2H3. The Morgan fingerprint density at radius 3 is 2.82 bits per heavy atom. The average Bonchev–Trinajstić information content (AvgIpc) is 2.78. The molecule has 0 atom stereocenters. The Morgan fingerprint density at radius 2 is 2.12 bits per heavy atom. The Bertz CT molecular complexity index is 529. The van der Waals surface area contributed by atoms with Crippen LogP contribution in [0, 0.1) is 17.8 Å². The van der Waals surface area contributed by atoms with Gasteiger partial charge in [0.05, 0.1) is 15.4 Å². The topological polar surface area (TPSA) is 12.9 Å². The highest BCUT2D eigenvalue weighted by Crippen LogP contribution is 2.25. The van der Waals surface area contributed by atoms with Crippen LogP contribution < -0.4 is 0 Å². The molecule has 2 rings (SSSR count). The molecule has 0 aromatic carbocycles. The second-order valence-electron chi connectivity index (χ2n) is 4.28. The summed E-state index contributed by atoms with van der Waals surface area (Å²) in [6, 6.07) is 10.1. The first-order valence-electron chi connectivity index (χ1n) is 5.76. The number of hydrogen-bond donors (Lipinski definition) is 0. The van der Waals surface area contributed by atoms with Crippen LogP contribution in [0.2, 0.25) is 0 Å². The first-order chi connectivity index (χ1) is 8.25. The lowest BCUT2D eigenvalue weighted by atomic mass is 10.1. The Kier molecular flexibility index (Phi) is 3.95. The molecule has 0 spiro atoms. The molecule has 86 valence electrons. The van der Waals surface area contributed by atoms with Crippen LogP contribution in [-0.4, -0.2) is 4.98 Å². The third-order valence-corrected chi connectivity index (χ3v) is 3.27. The van der Waals surface area contributed by atoms with E-state index in [9.17, 15) is 0 Å². The highest BCUT2D eigenvalue weighted by molar-refractivity contribution is 7.16. The normalized spacial score (nSPS) is 10.1. The maximum atomic E-state index is 4.33. The van der Waals surface area contributed by atoms with Gasteiger partial charge in [-0.1, -0.05) is 31.8 Å². The van der Waals surface area contributed by atoms with Gasteiger partial charge in [-0.2, -0.15) is 0 Å². The van der Waals surface area contributed by atoms with Crippen molar-refractivity contribution in [2.75, 3.05) is 0 Å². The van der Waals surface area contributed by atoms with E-state index in [1.54, 1.807) is 11.3 Å². The van der Waals surface area contributed by atoms with Gasteiger partial charge in [-0.15, -0.1) is 11.3 Å². The molecule has 0 saturated heterocycles. The monoisotopic (exact) mass is 241 g/mol. The molecule has 2 heterocycles. The van der Waals surface area contributed by atoms with Gasteiger partial charge in [0.15, 0.2) is 0 Å². The molecule has 0 aliphatic carbocycles. The molecule has 0 aliphatic rings. The number of aromatic nitrogens is 1. The van der Waals surface area contributed by atoms with Crippen molar-refractivity contribution in [2.24, 2.45) is 5.92 Å². The van der Waals surface area contributed by atoms with Gasteiger partial charge in [-0.3, -0.25) is 4.98 Å². The van der Waals surface area contributed by atoms with Crippen LogP contribution >= 0.6 is 11.3 Å². The van der Waals surface area contributed by atoms with Gasteiger partial charge in [0.25, 0.3) is 0 Å². The minimum atomic E-state index is 0.637. The van der Waals surface area contributed by atoms with Crippen molar-refractivity contribution in [1.29, 1.82) is 0 Å². The van der Waals surface area contributed by atoms with Gasteiger partial charge in [0.2, 0.25) is 0 Å². The summed E-state index contributed by atoms with van der Waals surface area (Å²) in [4.78, 5) is 6.63. The maximum absolute atomic E-state index is 4.33. The summed E-state index contributed by atoms with van der Waals surface area (Å²) < 4.78 is 0. The van der Waals surface area contributed by atoms with Crippen molar-refractivity contribution in [2.45, 2.75) is 20.3 Å². The predicted molar refractivity (Wildman–Crippen MR) is 73.9 cm³/mol. The molecule has 2 heteroatoms. The van der Waals surface area contributed by atoms with E-state index in [0.717, 1.165) is 17.0 Å². The molecule has 0 amide bonds. The number of nitrogens with zero attached hydrogens (tertiary/aromatic N) is 1. The summed E-state index contributed by atoms with van der Waals surface area (Å²) in [5, 5.41) is 0. The van der Waals surface area contributed by atoms with Crippen LogP contribution in [0.15, 0.2) is 36.5 Å². The highest BCUT2D eigenvalue weighted by Gasteiger charge is 2.01. The fraction of sp³-hybridized carbons (Fsp3) is 0.267. The van der Waals surface area contributed by atoms with E-state index in [1.165, 1.54) is 4.88 Å². The molecule has 0 unspecified atom stereocenters. The van der Waals surface area contributed by atoms with Crippen LogP contribution in [0.25, 0.3) is 10.6 Å². The van der Waals surface area contributed by atoms with E-state index in [2.05, 4.69) is 42.8 Å². The third kappa shape index (κ3) is 3.44. The number of hydrogen-bond acceptors (Lipinski definition) is 2. The molecule has 0 N–H and O–H groups in total. The Hall–Kier alpha value is -1.59. The second-order valence-corrected chi connectivity index (χ2v) is 5.36. The zero-order valence-corrected chi connectivity index (χ0v) is 10.9. The molecular weight excluding hydrogens is 226 g/mol. The fourth-order valence-corrected chi connectivity index (χ4v) is 2.25. The molecule has 2 aromatic rings. The summed E-state index contributed by atoms with van der Waals surface area (Å²) in [7, 11) is 0. The summed E-state index contributed by atoms with van der Waals surface area (Å²) in [5.74, 6) is 7.05. The molecule has 0 saturated carbocycles. The van der Waals surface area contributed by atoms with Crippen molar-refractivity contribution in [3.63, 3.8) is 0 Å². The molecule has 0 aliphatic heterocycles. The number of thiophene rings is 1. The molecular formula is C15H15NS. The molecule has 0 radical (unpaired) electrons. The molecule has 17 heavy (non-hydrogen) atoms. The molecule has 2 aromatic heterocycles. The summed E-state index contributed by atoms with van der Waals surface area (Å²) >= 11 is 1.70. The van der Waals surface area contributed by atoms with Crippen LogP contribution in [0.4, 0.5) is 0 Å². The first kappa shape index (κ1) is 11.9. The lowest BCUT2D eigenvalue weighted by Gasteiger charge is -1.93. The van der Waals surface area contributed by atoms with E-state index in [0.29, 0.717) is 5.92 Å². The quantitative estimate of drug-likeness (QED) is 0.718. The van der Waals surface area contributed by atoms with E-state index in [4.69, 9.17) is 0 Å². The summed E-state index contributed by atoms with van der Waals surface area (Å²) in [6.45, 7) is 4.37. The maximum Gasteiger partial charge on any atom is 0.0802 e. The van der Waals surface area contributed by atoms with Gasteiger partial charge >= 0.3 is 0 Å². The van der Waals surface area contributed by atoms with E-state index >= 15 is 0 Å². The predicted octanol–water partition coefficient (Wildman–Crippen LogP) is 4.21. The summed E-state index contributed by atoms with van der Waals surface area (Å²) in [6.07, 6.45) is 2.77. The van der Waals surface area contributed by atoms with E-state index in [1.807, 2.05) is 24.4 Å². The smallest absolute Gasteiger partial charge is 0.0802 e. The van der Waals surface area contributed by atoms with Gasteiger partial charge in [-0.25, -0.2) is 0 Å². The van der Waals surface area contributed by atoms with Crippen molar-refractivity contribution in [1.82, 2.24) is 4.98 Å². The van der Waals surface area contributed by atoms with Gasteiger partial charge in [-0.05, 0) is 30.2 Å². The van der Waals surface area contributed by atoms with Crippen molar-refractivity contribution >= 4 is 11.3 Å². The average molecular weight is 241 g/mol. The molecule has 0 bridgehead atoms. The van der Waals surface area contributed by atoms with Crippen molar-refractivity contribution in [3.05, 3.63) is 41.4 Å². The van der Waals surface area contributed by atoms with Crippen molar-refractivity contribution in [3.8, 4) is 22.4 Å². The molecule has 1 nitrogen and oxygen atoms in total. The van der Waals surface area contributed by atoms with Crippen LogP contribution in [0.3, 0.4) is 0 Å². The zero-order valence-electron chi connectivity index (χ0n) is 10.1. The van der Waals surface area contributed by atoms with Gasteiger partial charge in [0, 0.05) is 12.6 Å². The van der Waals surface area contributed by atoms with E-state index in [-0.39, 0.29) is 0 Å². The zero-order chi connectivity index (χ0) is 12.1. The Labute approximate surface area is 107 Å². The number of pyridine rings is 1. The van der Waals surface area contributed by atoms with Crippen LogP contribution in [0.1, 0.15) is 25.1 Å². The van der Waals surface area contributed by atoms with Crippen LogP contribution in [-0.2, 0) is 0 Å². The number of rotatable bonds is 2. The van der Waals surface area contributed by atoms with Crippen LogP contribution in [0.5, 0.6) is 0 Å². The first-order valence-corrected chi connectivity index (χ1v) is 6.57. The Morgan fingerprint density at radius 1 is 1.24 bits per heavy atom. The third-order valence-electron chi connectivity index (χ3n) is 2.25. The SMILES string of the molecule is CC(C)CC#Cc1ccc(-c2ccccn2)s1. The van der Waals surface area contributed by atoms with Gasteiger partial charge in [0.1, 0.15) is 0 Å². The van der Waals surface area contributed by atoms with Gasteiger partial charge < -0.3 is 0 Å². The minimum Gasteiger partial charge on any atom is -0.255 e. The highest BCUT2D eigenvalue weighted by atomic mass is 32.1. The lowest BCUT2D eigenvalue weighted by molar-refractivity contribution is 0.676. The fourth-order valence-electron chi connectivity index (χ4n) is 1.39. The second kappa shape index (κ2) is 5.65. The summed E-state index contributed by atoms with van der Waals surface area (Å²) in [5.41, 5.74) is 1.02. The van der Waals surface area contributed by atoms with Crippen molar-refractivity contribution < 1.29 is 0 Å².